The third-order valence-electron chi connectivity index (χ3n) is 2.42. The predicted molar refractivity (Wildman–Crippen MR) is 63.7 cm³/mol. The third-order valence-corrected chi connectivity index (χ3v) is 4.26. The Bertz CT molecular complexity index is 413. The minimum absolute atomic E-state index is 0.474. The fourth-order valence-electron chi connectivity index (χ4n) is 1.54. The Kier molecular flexibility index (Phi) is 4.05. The van der Waals surface area contributed by atoms with Crippen LogP contribution in [0.15, 0.2) is 17.3 Å². The molecule has 0 spiro atoms. The van der Waals surface area contributed by atoms with Crippen LogP contribution >= 0.6 is 23.4 Å². The number of nitriles is 1. The zero-order valence-electron chi connectivity index (χ0n) is 8.65. The largest absolute Gasteiger partial charge is 0.381 e. The van der Waals surface area contributed by atoms with Gasteiger partial charge in [0.05, 0.1) is 10.6 Å². The van der Waals surface area contributed by atoms with Crippen molar-refractivity contribution >= 4 is 23.4 Å². The van der Waals surface area contributed by atoms with Gasteiger partial charge in [0.15, 0.2) is 0 Å². The first kappa shape index (κ1) is 11.7. The summed E-state index contributed by atoms with van der Waals surface area (Å²) >= 11 is 7.74. The number of hydrogen-bond donors (Lipinski definition) is 0. The van der Waals surface area contributed by atoms with Crippen LogP contribution in [0.1, 0.15) is 18.4 Å². The summed E-state index contributed by atoms with van der Waals surface area (Å²) in [5.41, 5.74) is 0.492. The number of hydrogen-bond acceptors (Lipinski definition) is 4. The van der Waals surface area contributed by atoms with Crippen LogP contribution in [0.5, 0.6) is 0 Å². The van der Waals surface area contributed by atoms with E-state index in [1.807, 2.05) is 0 Å². The van der Waals surface area contributed by atoms with Crippen molar-refractivity contribution in [3.05, 3.63) is 22.8 Å². The Balaban J connectivity index is 2.12. The summed E-state index contributed by atoms with van der Waals surface area (Å²) in [7, 11) is 0. The topological polar surface area (TPSA) is 45.9 Å². The zero-order valence-corrected chi connectivity index (χ0v) is 10.2. The summed E-state index contributed by atoms with van der Waals surface area (Å²) in [6.07, 6.45) is 3.66. The van der Waals surface area contributed by atoms with Gasteiger partial charge in [-0.15, -0.1) is 11.8 Å². The molecule has 0 bridgehead atoms. The number of pyridine rings is 1. The maximum atomic E-state index is 8.86. The monoisotopic (exact) mass is 254 g/mol. The first-order valence-electron chi connectivity index (χ1n) is 5.10. The van der Waals surface area contributed by atoms with E-state index in [1.54, 1.807) is 24.0 Å². The average molecular weight is 255 g/mol. The second-order valence-corrected chi connectivity index (χ2v) is 5.19. The third kappa shape index (κ3) is 2.67. The van der Waals surface area contributed by atoms with Crippen molar-refractivity contribution in [1.82, 2.24) is 4.98 Å². The first-order chi connectivity index (χ1) is 7.81. The van der Waals surface area contributed by atoms with Gasteiger partial charge in [0.1, 0.15) is 11.1 Å². The van der Waals surface area contributed by atoms with E-state index in [4.69, 9.17) is 21.6 Å². The Hall–Kier alpha value is -0.760. The maximum absolute atomic E-state index is 8.86. The lowest BCUT2D eigenvalue weighted by atomic mass is 10.2. The van der Waals surface area contributed by atoms with E-state index >= 15 is 0 Å². The van der Waals surface area contributed by atoms with Crippen LogP contribution in [0.2, 0.25) is 5.02 Å². The fraction of sp³-hybridized carbons (Fsp3) is 0.455. The molecule has 0 atom stereocenters. The van der Waals surface area contributed by atoms with E-state index in [1.165, 1.54) is 0 Å². The van der Waals surface area contributed by atoms with Crippen molar-refractivity contribution in [1.29, 1.82) is 5.26 Å². The molecule has 3 nitrogen and oxygen atoms in total. The van der Waals surface area contributed by atoms with Crippen molar-refractivity contribution in [2.45, 2.75) is 23.1 Å². The molecule has 0 unspecified atom stereocenters. The smallest absolute Gasteiger partial charge is 0.116 e. The van der Waals surface area contributed by atoms with E-state index in [9.17, 15) is 0 Å². The van der Waals surface area contributed by atoms with Gasteiger partial charge in [-0.2, -0.15) is 5.26 Å². The molecule has 0 amide bonds. The number of halogens is 1. The highest BCUT2D eigenvalue weighted by molar-refractivity contribution is 8.00. The number of rotatable bonds is 2. The molecule has 0 aromatic carbocycles. The quantitative estimate of drug-likeness (QED) is 0.814. The van der Waals surface area contributed by atoms with Crippen LogP contribution < -0.4 is 0 Å². The van der Waals surface area contributed by atoms with Crippen molar-refractivity contribution in [3.8, 4) is 6.07 Å². The van der Waals surface area contributed by atoms with E-state index in [2.05, 4.69) is 11.1 Å². The molecule has 2 heterocycles. The standard InChI is InChI=1S/C11H11ClN2OS/c12-10-8(7-13)1-4-14-11(10)16-9-2-5-15-6-3-9/h1,4,9H,2-3,5-6H2. The van der Waals surface area contributed by atoms with Crippen molar-refractivity contribution < 1.29 is 4.74 Å². The zero-order chi connectivity index (χ0) is 11.4. The lowest BCUT2D eigenvalue weighted by Crippen LogP contribution is -2.17. The van der Waals surface area contributed by atoms with E-state index in [-0.39, 0.29) is 0 Å². The molecule has 2 rings (SSSR count). The molecule has 84 valence electrons. The van der Waals surface area contributed by atoms with Crippen LogP contribution in [0.4, 0.5) is 0 Å². The summed E-state index contributed by atoms with van der Waals surface area (Å²) in [4.78, 5) is 4.22. The molecule has 16 heavy (non-hydrogen) atoms. The van der Waals surface area contributed by atoms with Crippen LogP contribution in [-0.4, -0.2) is 23.4 Å². The molecule has 5 heteroatoms. The lowest BCUT2D eigenvalue weighted by Gasteiger charge is -2.21. The van der Waals surface area contributed by atoms with Crippen molar-refractivity contribution in [2.24, 2.45) is 0 Å². The fourth-order valence-corrected chi connectivity index (χ4v) is 2.91. The van der Waals surface area contributed by atoms with Gasteiger partial charge in [-0.1, -0.05) is 11.6 Å². The van der Waals surface area contributed by atoms with E-state index in [0.29, 0.717) is 15.8 Å². The summed E-state index contributed by atoms with van der Waals surface area (Å²) < 4.78 is 5.29. The van der Waals surface area contributed by atoms with Crippen LogP contribution in [0.25, 0.3) is 0 Å². The van der Waals surface area contributed by atoms with Crippen LogP contribution in [0, 0.1) is 11.3 Å². The van der Waals surface area contributed by atoms with Gasteiger partial charge in [0.2, 0.25) is 0 Å². The number of nitrogens with zero attached hydrogens (tertiary/aromatic N) is 2. The minimum Gasteiger partial charge on any atom is -0.381 e. The summed E-state index contributed by atoms with van der Waals surface area (Å²) in [6, 6.07) is 3.70. The highest BCUT2D eigenvalue weighted by Crippen LogP contribution is 2.34. The number of thioether (sulfide) groups is 1. The Morgan fingerprint density at radius 2 is 2.25 bits per heavy atom. The van der Waals surface area contributed by atoms with E-state index in [0.717, 1.165) is 31.1 Å². The van der Waals surface area contributed by atoms with Gasteiger partial charge >= 0.3 is 0 Å². The molecule has 1 fully saturated rings. The number of ether oxygens (including phenoxy) is 1. The Morgan fingerprint density at radius 1 is 1.50 bits per heavy atom. The summed E-state index contributed by atoms with van der Waals surface area (Å²) in [5.74, 6) is 0. The molecule has 1 aromatic heterocycles. The summed E-state index contributed by atoms with van der Waals surface area (Å²) in [5, 5.41) is 10.6. The second kappa shape index (κ2) is 5.53. The molecular formula is C11H11ClN2OS. The van der Waals surface area contributed by atoms with Gasteiger partial charge in [0.25, 0.3) is 0 Å². The normalized spacial score (nSPS) is 17.0. The molecule has 0 radical (unpaired) electrons. The molecular weight excluding hydrogens is 244 g/mol. The second-order valence-electron chi connectivity index (χ2n) is 3.52. The van der Waals surface area contributed by atoms with Crippen LogP contribution in [-0.2, 0) is 4.74 Å². The van der Waals surface area contributed by atoms with Crippen molar-refractivity contribution in [2.75, 3.05) is 13.2 Å². The van der Waals surface area contributed by atoms with Gasteiger partial charge in [0, 0.05) is 24.7 Å². The molecule has 0 N–H and O–H groups in total. The van der Waals surface area contributed by atoms with Crippen molar-refractivity contribution in [3.63, 3.8) is 0 Å². The maximum Gasteiger partial charge on any atom is 0.116 e. The SMILES string of the molecule is N#Cc1ccnc(SC2CCOCC2)c1Cl. The highest BCUT2D eigenvalue weighted by atomic mass is 35.5. The molecule has 1 aliphatic rings. The lowest BCUT2D eigenvalue weighted by molar-refractivity contribution is 0.1000. The first-order valence-corrected chi connectivity index (χ1v) is 6.36. The average Bonchev–Trinajstić information content (AvgIpc) is 2.33. The van der Waals surface area contributed by atoms with Gasteiger partial charge in [-0.05, 0) is 18.9 Å². The molecule has 1 aliphatic heterocycles. The highest BCUT2D eigenvalue weighted by Gasteiger charge is 2.18. The Morgan fingerprint density at radius 3 is 2.94 bits per heavy atom. The van der Waals surface area contributed by atoms with Gasteiger partial charge < -0.3 is 4.74 Å². The molecule has 0 saturated carbocycles. The number of aromatic nitrogens is 1. The van der Waals surface area contributed by atoms with Gasteiger partial charge in [-0.25, -0.2) is 4.98 Å². The Labute approximate surface area is 104 Å². The van der Waals surface area contributed by atoms with E-state index < -0.39 is 0 Å². The molecule has 1 saturated heterocycles. The van der Waals surface area contributed by atoms with Crippen LogP contribution in [0.3, 0.4) is 0 Å². The minimum atomic E-state index is 0.474. The summed E-state index contributed by atoms with van der Waals surface area (Å²) in [6.45, 7) is 1.60. The van der Waals surface area contributed by atoms with Gasteiger partial charge in [-0.3, -0.25) is 0 Å². The molecule has 0 aliphatic carbocycles. The predicted octanol–water partition coefficient (Wildman–Crippen LogP) is 2.88. The molecule has 1 aromatic rings.